The van der Waals surface area contributed by atoms with E-state index in [1.165, 1.54) is 6.07 Å². The monoisotopic (exact) mass is 523 g/mol. The van der Waals surface area contributed by atoms with Crippen LogP contribution in [0.1, 0.15) is 41.7 Å². The van der Waals surface area contributed by atoms with Crippen LogP contribution in [0.2, 0.25) is 5.02 Å². The summed E-state index contributed by atoms with van der Waals surface area (Å²) in [6.07, 6.45) is 1.93. The summed E-state index contributed by atoms with van der Waals surface area (Å²) in [7, 11) is 0. The highest BCUT2D eigenvalue weighted by Gasteiger charge is 2.54. The van der Waals surface area contributed by atoms with E-state index < -0.39 is 11.5 Å². The molecule has 0 atom stereocenters. The third-order valence-electron chi connectivity index (χ3n) is 8.06. The molecule has 5 heterocycles. The Bertz CT molecular complexity index is 1440. The van der Waals surface area contributed by atoms with Crippen molar-refractivity contribution >= 4 is 17.4 Å². The van der Waals surface area contributed by atoms with Crippen molar-refractivity contribution in [2.24, 2.45) is 5.41 Å². The smallest absolute Gasteiger partial charge is 0.178 e. The van der Waals surface area contributed by atoms with E-state index in [9.17, 15) is 8.78 Å². The van der Waals surface area contributed by atoms with Crippen molar-refractivity contribution in [1.82, 2.24) is 24.6 Å². The molecule has 3 aromatic rings. The lowest BCUT2D eigenvalue weighted by Crippen LogP contribution is -2.62. The number of ether oxygens (including phenoxy) is 1. The zero-order valence-electron chi connectivity index (χ0n) is 20.0. The first-order valence-corrected chi connectivity index (χ1v) is 12.8. The molecule has 4 aliphatic rings. The lowest BCUT2D eigenvalue weighted by molar-refractivity contribution is -0.142. The Kier molecular flexibility index (Phi) is 5.09. The molecule has 2 aromatic heterocycles. The van der Waals surface area contributed by atoms with Crippen LogP contribution in [0.25, 0.3) is 5.69 Å². The Hall–Kier alpha value is -3.13. The zero-order chi connectivity index (χ0) is 25.4. The van der Waals surface area contributed by atoms with Crippen LogP contribution < -0.4 is 4.90 Å². The number of fused-ring (bicyclic) bond motifs is 3. The van der Waals surface area contributed by atoms with Gasteiger partial charge in [0.15, 0.2) is 23.0 Å². The van der Waals surface area contributed by atoms with Gasteiger partial charge in [-0.2, -0.15) is 5.26 Å². The fraction of sp³-hybridized carbons (Fsp3) is 0.462. The molecule has 11 heteroatoms. The molecule has 1 spiro atoms. The van der Waals surface area contributed by atoms with Crippen LogP contribution in [0.15, 0.2) is 30.3 Å². The molecule has 190 valence electrons. The molecule has 2 saturated heterocycles. The number of alkyl halides is 1. The average molecular weight is 524 g/mol. The number of hydrogen-bond acceptors (Lipinski definition) is 7. The van der Waals surface area contributed by atoms with Gasteiger partial charge < -0.3 is 9.64 Å². The summed E-state index contributed by atoms with van der Waals surface area (Å²) in [5.41, 5.74) is 0.670. The van der Waals surface area contributed by atoms with Gasteiger partial charge in [-0.15, -0.1) is 10.2 Å². The highest BCUT2D eigenvalue weighted by atomic mass is 35.5. The van der Waals surface area contributed by atoms with Gasteiger partial charge in [0, 0.05) is 42.5 Å². The molecule has 7 rings (SSSR count). The first-order chi connectivity index (χ1) is 17.8. The van der Waals surface area contributed by atoms with Crippen molar-refractivity contribution in [3.8, 4) is 11.8 Å². The Balaban J connectivity index is 1.11. The van der Waals surface area contributed by atoms with E-state index in [4.69, 9.17) is 21.6 Å². The topological polar surface area (TPSA) is 83.1 Å². The molecule has 1 aliphatic carbocycles. The minimum atomic E-state index is -1.33. The van der Waals surface area contributed by atoms with Crippen molar-refractivity contribution < 1.29 is 13.5 Å². The van der Waals surface area contributed by atoms with Crippen LogP contribution in [0.4, 0.5) is 14.6 Å². The van der Waals surface area contributed by atoms with Gasteiger partial charge in [-0.3, -0.25) is 9.47 Å². The first-order valence-electron chi connectivity index (χ1n) is 12.4. The van der Waals surface area contributed by atoms with Crippen molar-refractivity contribution in [3.63, 3.8) is 0 Å². The number of anilines is 1. The zero-order valence-corrected chi connectivity index (χ0v) is 20.8. The second-order valence-electron chi connectivity index (χ2n) is 10.9. The Morgan fingerprint density at radius 1 is 1.14 bits per heavy atom. The second kappa shape index (κ2) is 8.18. The van der Waals surface area contributed by atoms with Gasteiger partial charge in [0.2, 0.25) is 0 Å². The molecular formula is C26H24ClF2N7O. The Morgan fingerprint density at radius 2 is 1.95 bits per heavy atom. The fourth-order valence-electron chi connectivity index (χ4n) is 6.32. The Labute approximate surface area is 217 Å². The fourth-order valence-corrected chi connectivity index (χ4v) is 6.52. The Morgan fingerprint density at radius 3 is 2.68 bits per heavy atom. The molecule has 3 aliphatic heterocycles. The molecule has 0 radical (unpaired) electrons. The summed E-state index contributed by atoms with van der Waals surface area (Å²) in [4.78, 5) is 8.31. The van der Waals surface area contributed by atoms with Crippen LogP contribution in [0, 0.1) is 22.6 Å². The van der Waals surface area contributed by atoms with Crippen LogP contribution in [0.3, 0.4) is 0 Å². The number of benzene rings is 1. The molecule has 0 N–H and O–H groups in total. The quantitative estimate of drug-likeness (QED) is 0.515. The molecule has 3 fully saturated rings. The van der Waals surface area contributed by atoms with E-state index in [0.717, 1.165) is 48.8 Å². The summed E-state index contributed by atoms with van der Waals surface area (Å²) < 4.78 is 35.8. The van der Waals surface area contributed by atoms with Crippen molar-refractivity contribution in [3.05, 3.63) is 64.1 Å². The number of nitrogens with zero attached hydrogens (tertiary/aromatic N) is 7. The molecule has 1 saturated carbocycles. The maximum absolute atomic E-state index is 14.9. The van der Waals surface area contributed by atoms with Crippen LogP contribution in [0.5, 0.6) is 0 Å². The summed E-state index contributed by atoms with van der Waals surface area (Å²) in [6.45, 7) is 3.21. The molecule has 0 amide bonds. The van der Waals surface area contributed by atoms with E-state index in [1.54, 1.807) is 6.07 Å². The second-order valence-corrected chi connectivity index (χ2v) is 11.4. The predicted octanol–water partition coefficient (Wildman–Crippen LogP) is 3.76. The number of halogens is 3. The number of rotatable bonds is 4. The summed E-state index contributed by atoms with van der Waals surface area (Å²) >= 11 is 6.35. The normalized spacial score (nSPS) is 21.7. The van der Waals surface area contributed by atoms with Gasteiger partial charge in [0.1, 0.15) is 17.7 Å². The lowest BCUT2D eigenvalue weighted by Gasteiger charge is -2.59. The maximum atomic E-state index is 14.9. The van der Waals surface area contributed by atoms with E-state index in [2.05, 4.69) is 29.5 Å². The van der Waals surface area contributed by atoms with Gasteiger partial charge in [0.25, 0.3) is 0 Å². The first kappa shape index (κ1) is 23.0. The highest BCUT2D eigenvalue weighted by Crippen LogP contribution is 2.56. The lowest BCUT2D eigenvalue weighted by atomic mass is 9.57. The van der Waals surface area contributed by atoms with Crippen molar-refractivity contribution in [2.75, 3.05) is 37.7 Å². The maximum Gasteiger partial charge on any atom is 0.178 e. The van der Waals surface area contributed by atoms with E-state index in [1.807, 2.05) is 24.3 Å². The molecule has 1 aromatic carbocycles. The van der Waals surface area contributed by atoms with Gasteiger partial charge in [-0.1, -0.05) is 11.6 Å². The molecule has 8 nitrogen and oxygen atoms in total. The van der Waals surface area contributed by atoms with Crippen LogP contribution >= 0.6 is 11.6 Å². The van der Waals surface area contributed by atoms with Gasteiger partial charge in [0.05, 0.1) is 25.4 Å². The van der Waals surface area contributed by atoms with Gasteiger partial charge in [-0.05, 0) is 48.7 Å². The standard InChI is InChI=1S/C26H24ClF2N7O/c27-18-1-3-21-16(5-18)9-34(13-26(29)14-37-15-26)10-23-32-33-24(36(21)23)17-6-25(7-17)11-35(12-25)22-4-2-19(28)20(8-30)31-22/h1-5,17H,6-7,9-15H2. The molecule has 0 unspecified atom stereocenters. The summed E-state index contributed by atoms with van der Waals surface area (Å²) in [6, 6.07) is 10.6. The van der Waals surface area contributed by atoms with E-state index in [0.29, 0.717) is 23.9 Å². The average Bonchev–Trinajstić information content (AvgIpc) is 3.13. The van der Waals surface area contributed by atoms with E-state index in [-0.39, 0.29) is 36.8 Å². The molecular weight excluding hydrogens is 500 g/mol. The third-order valence-corrected chi connectivity index (χ3v) is 8.30. The van der Waals surface area contributed by atoms with Gasteiger partial charge >= 0.3 is 0 Å². The van der Waals surface area contributed by atoms with Crippen molar-refractivity contribution in [1.29, 1.82) is 5.26 Å². The summed E-state index contributed by atoms with van der Waals surface area (Å²) in [5, 5.41) is 18.9. The summed E-state index contributed by atoms with van der Waals surface area (Å²) in [5.74, 6) is 2.02. The number of nitriles is 1. The minimum absolute atomic E-state index is 0.121. The van der Waals surface area contributed by atoms with Gasteiger partial charge in [-0.25, -0.2) is 13.8 Å². The number of hydrogen-bond donors (Lipinski definition) is 0. The SMILES string of the molecule is N#Cc1nc(N2CC3(CC(c4nnc5n4-c4ccc(Cl)cc4CN(CC4(F)COC4)C5)C3)C2)ccc1F. The highest BCUT2D eigenvalue weighted by molar-refractivity contribution is 6.30. The van der Waals surface area contributed by atoms with Crippen LogP contribution in [-0.2, 0) is 17.8 Å². The predicted molar refractivity (Wildman–Crippen MR) is 131 cm³/mol. The minimum Gasteiger partial charge on any atom is -0.375 e. The number of aromatic nitrogens is 4. The van der Waals surface area contributed by atoms with E-state index >= 15 is 0 Å². The molecule has 37 heavy (non-hydrogen) atoms. The number of pyridine rings is 1. The van der Waals surface area contributed by atoms with Crippen molar-refractivity contribution in [2.45, 2.75) is 37.5 Å². The largest absolute Gasteiger partial charge is 0.375 e. The molecule has 0 bridgehead atoms. The van der Waals surface area contributed by atoms with Crippen LogP contribution in [-0.4, -0.2) is 63.2 Å². The third kappa shape index (κ3) is 3.79.